The fourth-order valence-electron chi connectivity index (χ4n) is 3.33. The standard InChI is InChI=1S/C21H24FN3O2.ClH/c22-18-9-4-8-17(15-18)20(26)24-10-5-11-25(13-12-24)21(27)19(23)14-16-6-2-1-3-7-16;/h1-4,6-9,15,19H,5,10-14,23H2;1H/t19-;/m0./s1. The number of hydrogen-bond acceptors (Lipinski definition) is 3. The molecule has 1 fully saturated rings. The second kappa shape index (κ2) is 10.2. The SMILES string of the molecule is Cl.N[C@@H](Cc1ccccc1)C(=O)N1CCCN(C(=O)c2cccc(F)c2)CC1. The Morgan fingerprint density at radius 3 is 2.36 bits per heavy atom. The number of nitrogens with two attached hydrogens (primary N) is 1. The van der Waals surface area contributed by atoms with Crippen molar-refractivity contribution in [3.63, 3.8) is 0 Å². The van der Waals surface area contributed by atoms with Crippen LogP contribution >= 0.6 is 12.4 Å². The number of benzene rings is 2. The van der Waals surface area contributed by atoms with Gasteiger partial charge in [-0.3, -0.25) is 9.59 Å². The first-order valence-electron chi connectivity index (χ1n) is 9.18. The second-order valence-corrected chi connectivity index (χ2v) is 6.78. The molecule has 1 aliphatic heterocycles. The highest BCUT2D eigenvalue weighted by Gasteiger charge is 2.26. The van der Waals surface area contributed by atoms with Crippen molar-refractivity contribution in [2.75, 3.05) is 26.2 Å². The summed E-state index contributed by atoms with van der Waals surface area (Å²) in [5, 5.41) is 0. The van der Waals surface area contributed by atoms with Crippen molar-refractivity contribution in [1.82, 2.24) is 9.80 Å². The summed E-state index contributed by atoms with van der Waals surface area (Å²) in [7, 11) is 0. The van der Waals surface area contributed by atoms with Gasteiger partial charge >= 0.3 is 0 Å². The van der Waals surface area contributed by atoms with E-state index in [1.165, 1.54) is 18.2 Å². The zero-order valence-corrected chi connectivity index (χ0v) is 16.4. The fourth-order valence-corrected chi connectivity index (χ4v) is 3.33. The molecule has 2 N–H and O–H groups in total. The quantitative estimate of drug-likeness (QED) is 0.849. The number of amides is 2. The van der Waals surface area contributed by atoms with Crippen LogP contribution in [0.5, 0.6) is 0 Å². The van der Waals surface area contributed by atoms with Crippen LogP contribution < -0.4 is 5.73 Å². The fraction of sp³-hybridized carbons (Fsp3) is 0.333. The Morgan fingerprint density at radius 2 is 1.64 bits per heavy atom. The normalized spacial score (nSPS) is 15.4. The van der Waals surface area contributed by atoms with Crippen LogP contribution in [-0.2, 0) is 11.2 Å². The molecule has 3 rings (SSSR count). The van der Waals surface area contributed by atoms with E-state index < -0.39 is 11.9 Å². The first kappa shape index (κ1) is 21.9. The van der Waals surface area contributed by atoms with Crippen LogP contribution in [0.2, 0.25) is 0 Å². The lowest BCUT2D eigenvalue weighted by atomic mass is 10.1. The molecule has 0 aliphatic carbocycles. The van der Waals surface area contributed by atoms with Gasteiger partial charge in [0.25, 0.3) is 5.91 Å². The molecule has 0 aromatic heterocycles. The Bertz CT molecular complexity index is 803. The highest BCUT2D eigenvalue weighted by molar-refractivity contribution is 5.94. The minimum atomic E-state index is -0.599. The molecule has 0 unspecified atom stereocenters. The third-order valence-corrected chi connectivity index (χ3v) is 4.78. The Kier molecular flexibility index (Phi) is 7.96. The van der Waals surface area contributed by atoms with Crippen LogP contribution in [0.4, 0.5) is 4.39 Å². The number of nitrogens with zero attached hydrogens (tertiary/aromatic N) is 2. The molecule has 1 heterocycles. The predicted molar refractivity (Wildman–Crippen MR) is 109 cm³/mol. The van der Waals surface area contributed by atoms with Crippen molar-refractivity contribution >= 4 is 24.2 Å². The summed E-state index contributed by atoms with van der Waals surface area (Å²) in [5.41, 5.74) is 7.47. The van der Waals surface area contributed by atoms with E-state index in [1.807, 2.05) is 30.3 Å². The maximum atomic E-state index is 13.4. The van der Waals surface area contributed by atoms with Crippen LogP contribution in [0.1, 0.15) is 22.3 Å². The van der Waals surface area contributed by atoms with Gasteiger partial charge in [-0.15, -0.1) is 12.4 Å². The number of hydrogen-bond donors (Lipinski definition) is 1. The summed E-state index contributed by atoms with van der Waals surface area (Å²) in [6.45, 7) is 1.95. The Labute approximate surface area is 170 Å². The van der Waals surface area contributed by atoms with Crippen LogP contribution in [-0.4, -0.2) is 53.8 Å². The van der Waals surface area contributed by atoms with Crippen molar-refractivity contribution in [1.29, 1.82) is 0 Å². The molecule has 0 bridgehead atoms. The maximum Gasteiger partial charge on any atom is 0.254 e. The van der Waals surface area contributed by atoms with Gasteiger partial charge in [0.1, 0.15) is 5.82 Å². The molecule has 150 valence electrons. The van der Waals surface area contributed by atoms with Gasteiger partial charge in [0, 0.05) is 31.7 Å². The lowest BCUT2D eigenvalue weighted by Gasteiger charge is -2.25. The van der Waals surface area contributed by atoms with E-state index >= 15 is 0 Å². The van der Waals surface area contributed by atoms with E-state index in [0.717, 1.165) is 5.56 Å². The molecular formula is C21H25ClFN3O2. The highest BCUT2D eigenvalue weighted by Crippen LogP contribution is 2.12. The number of halogens is 2. The zero-order valence-electron chi connectivity index (χ0n) is 15.6. The lowest BCUT2D eigenvalue weighted by Crippen LogP contribution is -2.46. The molecule has 28 heavy (non-hydrogen) atoms. The molecule has 0 spiro atoms. The van der Waals surface area contributed by atoms with E-state index in [4.69, 9.17) is 5.73 Å². The molecule has 2 amide bonds. The van der Waals surface area contributed by atoms with Gasteiger partial charge in [-0.1, -0.05) is 36.4 Å². The Balaban J connectivity index is 0.00000280. The van der Waals surface area contributed by atoms with E-state index in [-0.39, 0.29) is 24.2 Å². The van der Waals surface area contributed by atoms with Gasteiger partial charge in [0.2, 0.25) is 5.91 Å². The molecule has 0 saturated carbocycles. The number of carbonyl (C=O) groups excluding carboxylic acids is 2. The summed E-state index contributed by atoms with van der Waals surface area (Å²) in [5.74, 6) is -0.740. The van der Waals surface area contributed by atoms with Gasteiger partial charge < -0.3 is 15.5 Å². The van der Waals surface area contributed by atoms with Crippen LogP contribution in [0, 0.1) is 5.82 Å². The van der Waals surface area contributed by atoms with Crippen molar-refractivity contribution < 1.29 is 14.0 Å². The van der Waals surface area contributed by atoms with Crippen LogP contribution in [0.3, 0.4) is 0 Å². The summed E-state index contributed by atoms with van der Waals surface area (Å²) in [4.78, 5) is 28.7. The van der Waals surface area contributed by atoms with Gasteiger partial charge in [0.15, 0.2) is 0 Å². The van der Waals surface area contributed by atoms with Gasteiger partial charge in [-0.05, 0) is 36.6 Å². The minimum Gasteiger partial charge on any atom is -0.339 e. The maximum absolute atomic E-state index is 13.4. The molecular weight excluding hydrogens is 381 g/mol. The van der Waals surface area contributed by atoms with Crippen molar-refractivity contribution in [2.45, 2.75) is 18.9 Å². The van der Waals surface area contributed by atoms with E-state index in [1.54, 1.807) is 15.9 Å². The van der Waals surface area contributed by atoms with Crippen molar-refractivity contribution in [3.8, 4) is 0 Å². The summed E-state index contributed by atoms with van der Waals surface area (Å²) < 4.78 is 13.4. The third kappa shape index (κ3) is 5.53. The molecule has 0 radical (unpaired) electrons. The topological polar surface area (TPSA) is 66.6 Å². The first-order valence-corrected chi connectivity index (χ1v) is 9.18. The van der Waals surface area contributed by atoms with Crippen molar-refractivity contribution in [3.05, 3.63) is 71.5 Å². The van der Waals surface area contributed by atoms with Gasteiger partial charge in [-0.25, -0.2) is 4.39 Å². The lowest BCUT2D eigenvalue weighted by molar-refractivity contribution is -0.132. The molecule has 1 aliphatic rings. The molecule has 1 saturated heterocycles. The Hall–Kier alpha value is -2.44. The number of carbonyl (C=O) groups is 2. The van der Waals surface area contributed by atoms with Crippen LogP contribution in [0.15, 0.2) is 54.6 Å². The zero-order chi connectivity index (χ0) is 19.2. The third-order valence-electron chi connectivity index (χ3n) is 4.78. The minimum absolute atomic E-state index is 0. The molecule has 7 heteroatoms. The first-order chi connectivity index (χ1) is 13.0. The molecule has 2 aromatic carbocycles. The molecule has 1 atom stereocenters. The molecule has 2 aromatic rings. The average molecular weight is 406 g/mol. The van der Waals surface area contributed by atoms with E-state index in [0.29, 0.717) is 44.6 Å². The molecule has 5 nitrogen and oxygen atoms in total. The second-order valence-electron chi connectivity index (χ2n) is 6.78. The summed E-state index contributed by atoms with van der Waals surface area (Å²) in [6, 6.07) is 14.8. The largest absolute Gasteiger partial charge is 0.339 e. The predicted octanol–water partition coefficient (Wildman–Crippen LogP) is 2.49. The average Bonchev–Trinajstić information content (AvgIpc) is 2.94. The van der Waals surface area contributed by atoms with E-state index in [2.05, 4.69) is 0 Å². The van der Waals surface area contributed by atoms with Gasteiger partial charge in [0.05, 0.1) is 6.04 Å². The Morgan fingerprint density at radius 1 is 0.964 bits per heavy atom. The van der Waals surface area contributed by atoms with Crippen molar-refractivity contribution in [2.24, 2.45) is 5.73 Å². The van der Waals surface area contributed by atoms with Gasteiger partial charge in [-0.2, -0.15) is 0 Å². The smallest absolute Gasteiger partial charge is 0.254 e. The van der Waals surface area contributed by atoms with Crippen LogP contribution in [0.25, 0.3) is 0 Å². The van der Waals surface area contributed by atoms with E-state index in [9.17, 15) is 14.0 Å². The summed E-state index contributed by atoms with van der Waals surface area (Å²) in [6.07, 6.45) is 1.16. The monoisotopic (exact) mass is 405 g/mol. The highest BCUT2D eigenvalue weighted by atomic mass is 35.5. The summed E-state index contributed by atoms with van der Waals surface area (Å²) >= 11 is 0. The number of rotatable bonds is 4.